The molecule has 0 rings (SSSR count). The predicted molar refractivity (Wildman–Crippen MR) is 89.9 cm³/mol. The van der Waals surface area contributed by atoms with Crippen LogP contribution < -0.4 is 47.9 Å². The van der Waals surface area contributed by atoms with E-state index in [1.807, 2.05) is 6.92 Å². The smallest absolute Gasteiger partial charge is 0.550 e. The predicted octanol–water partition coefficient (Wildman–Crippen LogP) is -8.10. The maximum Gasteiger partial charge on any atom is 1.00 e. The number of carbonyl (C=O) groups excluding carboxylic acids is 2. The Balaban J connectivity index is -0.00000312. The number of aliphatic hydroxyl groups excluding tert-OH is 1. The van der Waals surface area contributed by atoms with Crippen LogP contribution >= 0.6 is 0 Å². The van der Waals surface area contributed by atoms with Crippen molar-refractivity contribution >= 4 is 17.9 Å². The molecule has 0 bridgehead atoms. The van der Waals surface area contributed by atoms with Crippen LogP contribution in [0.15, 0.2) is 0 Å². The zero-order valence-corrected chi connectivity index (χ0v) is 17.4. The number of carboxylic acids is 3. The number of aliphatic carboxylic acids is 3. The third-order valence-electron chi connectivity index (χ3n) is 4.00. The Kier molecular flexibility index (Phi) is 22.7. The van der Waals surface area contributed by atoms with Crippen molar-refractivity contribution in [2.45, 2.75) is 51.6 Å². The molecule has 0 heterocycles. The molecule has 0 aliphatic rings. The summed E-state index contributed by atoms with van der Waals surface area (Å²) in [5.41, 5.74) is 0. The van der Waals surface area contributed by atoms with Crippen molar-refractivity contribution in [3.8, 4) is 0 Å². The van der Waals surface area contributed by atoms with Crippen molar-refractivity contribution in [1.29, 1.82) is 0 Å². The number of carboxylic acid groups (broad SMARTS) is 3. The molecule has 0 aliphatic heterocycles. The zero-order chi connectivity index (χ0) is 19.9. The van der Waals surface area contributed by atoms with Crippen molar-refractivity contribution in [2.24, 2.45) is 0 Å². The van der Waals surface area contributed by atoms with Gasteiger partial charge >= 0.3 is 43.7 Å². The van der Waals surface area contributed by atoms with Crippen molar-refractivity contribution in [2.75, 3.05) is 39.3 Å². The van der Waals surface area contributed by atoms with E-state index in [0.29, 0.717) is 26.1 Å². The summed E-state index contributed by atoms with van der Waals surface area (Å²) < 4.78 is 0. The molecule has 0 saturated heterocycles. The van der Waals surface area contributed by atoms with Gasteiger partial charge < -0.3 is 34.9 Å². The third kappa shape index (κ3) is 20.2. The minimum Gasteiger partial charge on any atom is -0.550 e. The van der Waals surface area contributed by atoms with E-state index < -0.39 is 24.0 Å². The van der Waals surface area contributed by atoms with Gasteiger partial charge in [0.05, 0.1) is 12.5 Å². The van der Waals surface area contributed by atoms with E-state index in [9.17, 15) is 29.7 Å². The fourth-order valence-corrected chi connectivity index (χ4v) is 2.49. The van der Waals surface area contributed by atoms with Crippen LogP contribution in [0, 0.1) is 0 Å². The molecule has 0 fully saturated rings. The van der Waals surface area contributed by atoms with Crippen molar-refractivity contribution in [1.82, 2.24) is 9.80 Å². The number of hydrogen-bond donors (Lipinski definition) is 2. The van der Waals surface area contributed by atoms with Crippen molar-refractivity contribution in [3.05, 3.63) is 0 Å². The van der Waals surface area contributed by atoms with Gasteiger partial charge in [-0.1, -0.05) is 19.8 Å². The molecule has 0 aliphatic carbocycles. The van der Waals surface area contributed by atoms with Gasteiger partial charge in [-0.3, -0.25) is 9.69 Å². The molecule has 9 nitrogen and oxygen atoms in total. The van der Waals surface area contributed by atoms with Gasteiger partial charge in [-0.05, 0) is 19.3 Å². The molecule has 2 N–H and O–H groups in total. The number of nitrogens with zero attached hydrogens (tertiary/aromatic N) is 2. The summed E-state index contributed by atoms with van der Waals surface area (Å²) in [4.78, 5) is 35.5. The van der Waals surface area contributed by atoms with Gasteiger partial charge in [0.25, 0.3) is 0 Å². The number of rotatable bonds is 17. The summed E-state index contributed by atoms with van der Waals surface area (Å²) in [6.45, 7) is 3.63. The van der Waals surface area contributed by atoms with Gasteiger partial charge in [-0.15, -0.1) is 0 Å². The summed E-state index contributed by atoms with van der Waals surface area (Å²) in [6, 6.07) is 0. The minimum atomic E-state index is -1.22. The Morgan fingerprint density at radius 2 is 1.32 bits per heavy atom. The van der Waals surface area contributed by atoms with Gasteiger partial charge in [-0.2, -0.15) is 0 Å². The molecule has 0 aromatic carbocycles. The van der Waals surface area contributed by atoms with Crippen LogP contribution in [-0.2, 0) is 14.4 Å². The molecule has 0 radical (unpaired) electrons. The summed E-state index contributed by atoms with van der Waals surface area (Å²) in [5, 5.41) is 40.2. The molecule has 1 unspecified atom stereocenters. The Hall–Kier alpha value is -0.515. The summed E-state index contributed by atoms with van der Waals surface area (Å²) in [6.07, 6.45) is 1.37. The number of aliphatic hydroxyl groups is 1. The maximum absolute atomic E-state index is 10.8. The van der Waals surface area contributed by atoms with Crippen LogP contribution in [0.3, 0.4) is 0 Å². The molecule has 0 aromatic rings. The Bertz CT molecular complexity index is 424. The van der Waals surface area contributed by atoms with Crippen LogP contribution in [0.5, 0.6) is 0 Å². The minimum absolute atomic E-state index is 0. The molecule has 28 heavy (non-hydrogen) atoms. The first-order chi connectivity index (χ1) is 12.2. The molecule has 0 amide bonds. The Morgan fingerprint density at radius 1 is 0.857 bits per heavy atom. The van der Waals surface area contributed by atoms with E-state index in [4.69, 9.17) is 5.11 Å². The van der Waals surface area contributed by atoms with E-state index in [-0.39, 0.29) is 76.6 Å². The fourth-order valence-electron chi connectivity index (χ4n) is 2.49. The molecule has 152 valence electrons. The summed E-state index contributed by atoms with van der Waals surface area (Å²) >= 11 is 0. The summed E-state index contributed by atoms with van der Waals surface area (Å²) in [7, 11) is 0. The van der Waals surface area contributed by atoms with Crippen LogP contribution in [0.1, 0.15) is 45.4 Å². The van der Waals surface area contributed by atoms with E-state index in [0.717, 1.165) is 12.8 Å². The number of unbranched alkanes of at least 4 members (excludes halogenated alkanes) is 1. The van der Waals surface area contributed by atoms with Gasteiger partial charge in [0.15, 0.2) is 0 Å². The van der Waals surface area contributed by atoms with E-state index in [2.05, 4.69) is 0 Å². The SMILES string of the molecule is CCCCC(O)CN(CCC(=O)O)CCN(CCC(=O)[O-])CCC(=O)[O-].[Li+].[Li+]. The van der Waals surface area contributed by atoms with Gasteiger partial charge in [0, 0.05) is 51.2 Å². The standard InChI is InChI=1S/C17H32N2O7.2Li/c1-2-3-4-14(20)13-19(10-7-17(25)26)12-11-18(8-5-15(21)22)9-6-16(23)24;;/h14,20H,2-13H2,1H3,(H,21,22)(H,23,24)(H,25,26);;/q;2*+1/p-2. The maximum atomic E-state index is 10.8. The first-order valence-corrected chi connectivity index (χ1v) is 8.98. The monoisotopic (exact) mass is 388 g/mol. The third-order valence-corrected chi connectivity index (χ3v) is 4.00. The average molecular weight is 388 g/mol. The van der Waals surface area contributed by atoms with Crippen LogP contribution in [0.25, 0.3) is 0 Å². The normalized spacial score (nSPS) is 11.6. The van der Waals surface area contributed by atoms with Crippen molar-refractivity contribution in [3.63, 3.8) is 0 Å². The first kappa shape index (κ1) is 32.2. The van der Waals surface area contributed by atoms with Crippen LogP contribution in [-0.4, -0.2) is 83.3 Å². The molecule has 11 heteroatoms. The largest absolute Gasteiger partial charge is 1.00 e. The Labute approximate surface area is 190 Å². The van der Waals surface area contributed by atoms with E-state index in [1.54, 1.807) is 9.80 Å². The second-order valence-corrected chi connectivity index (χ2v) is 6.33. The van der Waals surface area contributed by atoms with Gasteiger partial charge in [0.2, 0.25) is 0 Å². The van der Waals surface area contributed by atoms with Crippen LogP contribution in [0.2, 0.25) is 0 Å². The Morgan fingerprint density at radius 3 is 1.75 bits per heavy atom. The molecular weight excluding hydrogens is 358 g/mol. The van der Waals surface area contributed by atoms with Gasteiger partial charge in [0.1, 0.15) is 0 Å². The second-order valence-electron chi connectivity index (χ2n) is 6.33. The molecular formula is C17H30Li2N2O7. The second kappa shape index (κ2) is 19.8. The summed E-state index contributed by atoms with van der Waals surface area (Å²) in [5.74, 6) is -3.38. The van der Waals surface area contributed by atoms with E-state index >= 15 is 0 Å². The average Bonchev–Trinajstić information content (AvgIpc) is 2.56. The first-order valence-electron chi connectivity index (χ1n) is 8.98. The molecule has 1 atom stereocenters. The topological polar surface area (TPSA) is 144 Å². The number of carbonyl (C=O) groups is 3. The zero-order valence-electron chi connectivity index (χ0n) is 17.4. The van der Waals surface area contributed by atoms with Crippen molar-refractivity contribution < 1.29 is 72.5 Å². The van der Waals surface area contributed by atoms with Gasteiger partial charge in [-0.25, -0.2) is 0 Å². The fraction of sp³-hybridized carbons (Fsp3) is 0.824. The van der Waals surface area contributed by atoms with E-state index in [1.165, 1.54) is 0 Å². The quantitative estimate of drug-likeness (QED) is 0.232. The van der Waals surface area contributed by atoms with Crippen LogP contribution in [0.4, 0.5) is 0 Å². The molecule has 0 aromatic heterocycles. The molecule has 0 saturated carbocycles. The number of hydrogen-bond acceptors (Lipinski definition) is 8. The molecule has 0 spiro atoms.